The molecule has 12 nitrogen and oxygen atoms in total. The summed E-state index contributed by atoms with van der Waals surface area (Å²) in [7, 11) is 0. The van der Waals surface area contributed by atoms with E-state index in [1.165, 1.54) is 6.08 Å². The van der Waals surface area contributed by atoms with Crippen molar-refractivity contribution in [3.63, 3.8) is 0 Å². The van der Waals surface area contributed by atoms with Crippen LogP contribution in [0.3, 0.4) is 0 Å². The second-order valence-electron chi connectivity index (χ2n) is 8.96. The van der Waals surface area contributed by atoms with E-state index in [1.807, 2.05) is 6.92 Å². The fourth-order valence-corrected chi connectivity index (χ4v) is 4.88. The third-order valence-corrected chi connectivity index (χ3v) is 7.44. The minimum atomic E-state index is -2.02. The quantitative estimate of drug-likeness (QED) is 0.195. The Morgan fingerprint density at radius 3 is 1.92 bits per heavy atom. The average molecular weight is 564 g/mol. The van der Waals surface area contributed by atoms with Crippen LogP contribution < -0.4 is 17.1 Å². The molecule has 0 saturated heterocycles. The summed E-state index contributed by atoms with van der Waals surface area (Å²) >= 11 is 1.19. The summed E-state index contributed by atoms with van der Waals surface area (Å²) in [5, 5.41) is 38.8. The minimum absolute atomic E-state index is 0.165. The average Bonchev–Trinajstić information content (AvgIpc) is 2.84. The first-order valence-corrected chi connectivity index (χ1v) is 13.8. The van der Waals surface area contributed by atoms with Crippen LogP contribution in [0.2, 0.25) is 0 Å². The number of aliphatic hydroxyl groups excluding tert-OH is 4. The molecule has 0 fully saturated rings. The Morgan fingerprint density at radius 1 is 0.892 bits per heavy atom. The second kappa shape index (κ2) is 15.4. The van der Waals surface area contributed by atoms with Crippen LogP contribution >= 0.6 is 23.5 Å². The van der Waals surface area contributed by atoms with Gasteiger partial charge in [-0.05, 0) is 12.3 Å². The normalized spacial score (nSPS) is 15.7. The molecule has 0 saturated carbocycles. The molecule has 0 spiro atoms. The number of thioether (sulfide) groups is 2. The molecule has 0 radical (unpaired) electrons. The number of hydrogen-bond acceptors (Lipinski definition) is 11. The lowest BCUT2D eigenvalue weighted by atomic mass is 9.99. The van der Waals surface area contributed by atoms with E-state index in [0.29, 0.717) is 22.7 Å². The lowest BCUT2D eigenvalue weighted by Gasteiger charge is -2.21. The van der Waals surface area contributed by atoms with Gasteiger partial charge in [-0.25, -0.2) is 28.1 Å². The van der Waals surface area contributed by atoms with Crippen molar-refractivity contribution in [3.8, 4) is 0 Å². The summed E-state index contributed by atoms with van der Waals surface area (Å²) < 4.78 is 2.10. The summed E-state index contributed by atoms with van der Waals surface area (Å²) in [4.78, 5) is 62.7. The molecule has 1 rings (SSSR count). The van der Waals surface area contributed by atoms with E-state index < -0.39 is 58.3 Å². The van der Waals surface area contributed by atoms with Gasteiger partial charge in [0.2, 0.25) is 10.2 Å². The van der Waals surface area contributed by atoms with E-state index in [4.69, 9.17) is 0 Å². The van der Waals surface area contributed by atoms with Crippen LogP contribution in [-0.4, -0.2) is 79.8 Å². The zero-order chi connectivity index (χ0) is 28.4. The highest BCUT2D eigenvalue weighted by atomic mass is 32.2. The van der Waals surface area contributed by atoms with Gasteiger partial charge in [0.25, 0.3) is 0 Å². The first-order valence-electron chi connectivity index (χ1n) is 11.9. The Hall–Kier alpha value is -1.97. The zero-order valence-corrected chi connectivity index (χ0v) is 23.1. The summed E-state index contributed by atoms with van der Waals surface area (Å²) in [5.41, 5.74) is -2.95. The van der Waals surface area contributed by atoms with Gasteiger partial charge >= 0.3 is 17.1 Å². The van der Waals surface area contributed by atoms with E-state index in [2.05, 4.69) is 6.58 Å². The predicted octanol–water partition coefficient (Wildman–Crippen LogP) is -0.834. The molecule has 14 heteroatoms. The first-order chi connectivity index (χ1) is 17.3. The Kier molecular flexibility index (Phi) is 13.8. The van der Waals surface area contributed by atoms with Gasteiger partial charge < -0.3 is 20.4 Å². The van der Waals surface area contributed by atoms with E-state index in [1.54, 1.807) is 20.8 Å². The van der Waals surface area contributed by atoms with Crippen molar-refractivity contribution in [3.05, 3.63) is 44.1 Å². The number of hydrogen-bond donors (Lipinski definition) is 4. The molecule has 4 N–H and O–H groups in total. The fourth-order valence-electron chi connectivity index (χ4n) is 3.38. The van der Waals surface area contributed by atoms with Crippen molar-refractivity contribution in [2.75, 3.05) is 5.75 Å². The highest BCUT2D eigenvalue weighted by molar-refractivity contribution is 8.14. The summed E-state index contributed by atoms with van der Waals surface area (Å²) in [6.45, 7) is 9.45. The van der Waals surface area contributed by atoms with Gasteiger partial charge in [0.1, 0.15) is 0 Å². The van der Waals surface area contributed by atoms with Crippen molar-refractivity contribution in [2.45, 2.75) is 89.8 Å². The highest BCUT2D eigenvalue weighted by Gasteiger charge is 2.31. The molecule has 5 unspecified atom stereocenters. The standard InChI is InChI=1S/C23H37N3O9S2/c1-6-8-14(5)16(28)11-26-22(34)24(9-7-2)21(33)25(23(26)35)10-15(27)12-36-19(31)17(29)18(30)20(32)37-13(3)4/h7,13-18,27-30H,2,6,8-12H2,1,3-5H3. The molecule has 5 atom stereocenters. The van der Waals surface area contributed by atoms with Crippen LogP contribution in [0.5, 0.6) is 0 Å². The molecule has 37 heavy (non-hydrogen) atoms. The highest BCUT2D eigenvalue weighted by Crippen LogP contribution is 2.18. The van der Waals surface area contributed by atoms with Crippen LogP contribution in [-0.2, 0) is 29.2 Å². The number of carbonyl (C=O) groups is 2. The number of allylic oxidation sites excluding steroid dienone is 1. The maximum atomic E-state index is 13.0. The number of carbonyl (C=O) groups excluding carboxylic acids is 2. The molecule has 0 bridgehead atoms. The molecule has 0 aliphatic carbocycles. The monoisotopic (exact) mass is 563 g/mol. The Morgan fingerprint density at radius 2 is 1.41 bits per heavy atom. The van der Waals surface area contributed by atoms with Gasteiger partial charge in [0.15, 0.2) is 12.2 Å². The lowest BCUT2D eigenvalue weighted by molar-refractivity contribution is -0.133. The van der Waals surface area contributed by atoms with Crippen LogP contribution in [0, 0.1) is 5.92 Å². The first kappa shape index (κ1) is 33.1. The largest absolute Gasteiger partial charge is 0.391 e. The van der Waals surface area contributed by atoms with Gasteiger partial charge in [0.05, 0.1) is 31.8 Å². The van der Waals surface area contributed by atoms with E-state index in [-0.39, 0.29) is 30.0 Å². The van der Waals surface area contributed by atoms with Crippen molar-refractivity contribution < 1.29 is 30.0 Å². The number of aromatic nitrogens is 3. The van der Waals surface area contributed by atoms with E-state index in [9.17, 15) is 44.4 Å². The van der Waals surface area contributed by atoms with Crippen LogP contribution in [0.4, 0.5) is 0 Å². The van der Waals surface area contributed by atoms with Crippen LogP contribution in [0.25, 0.3) is 0 Å². The molecule has 0 aromatic carbocycles. The molecule has 0 aliphatic rings. The molecule has 0 amide bonds. The van der Waals surface area contributed by atoms with E-state index >= 15 is 0 Å². The van der Waals surface area contributed by atoms with Gasteiger partial charge in [0, 0.05) is 11.0 Å². The molecule has 1 heterocycles. The molecule has 210 valence electrons. The van der Waals surface area contributed by atoms with Crippen LogP contribution in [0.15, 0.2) is 27.0 Å². The Balaban J connectivity index is 3.11. The molecular formula is C23H37N3O9S2. The van der Waals surface area contributed by atoms with Crippen molar-refractivity contribution in [1.82, 2.24) is 13.7 Å². The topological polar surface area (TPSA) is 181 Å². The third-order valence-electron chi connectivity index (χ3n) is 5.41. The number of nitrogens with zero attached hydrogens (tertiary/aromatic N) is 3. The van der Waals surface area contributed by atoms with Gasteiger partial charge in [-0.3, -0.25) is 9.59 Å². The minimum Gasteiger partial charge on any atom is -0.391 e. The fraction of sp³-hybridized carbons (Fsp3) is 0.696. The zero-order valence-electron chi connectivity index (χ0n) is 21.5. The molecule has 1 aromatic heterocycles. The maximum absolute atomic E-state index is 13.0. The Labute approximate surface area is 223 Å². The van der Waals surface area contributed by atoms with Gasteiger partial charge in [-0.15, -0.1) is 6.58 Å². The van der Waals surface area contributed by atoms with Gasteiger partial charge in [-0.2, -0.15) is 0 Å². The SMILES string of the molecule is C=CCn1c(=O)n(CC(O)CSC(=O)C(O)C(O)C(=O)SC(C)C)c(=O)n(CC(O)C(C)CCC)c1=O. The van der Waals surface area contributed by atoms with Gasteiger partial charge in [-0.1, -0.05) is 63.7 Å². The second-order valence-corrected chi connectivity index (χ2v) is 11.6. The van der Waals surface area contributed by atoms with Crippen LogP contribution in [0.1, 0.15) is 40.5 Å². The molecule has 1 aromatic rings. The summed E-state index contributed by atoms with van der Waals surface area (Å²) in [6, 6.07) is 0. The maximum Gasteiger partial charge on any atom is 0.336 e. The van der Waals surface area contributed by atoms with Crippen molar-refractivity contribution >= 4 is 33.8 Å². The van der Waals surface area contributed by atoms with E-state index in [0.717, 1.165) is 27.3 Å². The van der Waals surface area contributed by atoms with Crippen molar-refractivity contribution in [2.24, 2.45) is 5.92 Å². The predicted molar refractivity (Wildman–Crippen MR) is 143 cm³/mol. The summed E-state index contributed by atoms with van der Waals surface area (Å²) in [5.74, 6) is -0.596. The molecule has 0 aliphatic heterocycles. The Bertz CT molecular complexity index is 1110. The van der Waals surface area contributed by atoms with Crippen molar-refractivity contribution in [1.29, 1.82) is 0 Å². The number of aliphatic hydroxyl groups is 4. The third kappa shape index (κ3) is 9.37. The smallest absolute Gasteiger partial charge is 0.336 e. The number of rotatable bonds is 15. The lowest BCUT2D eigenvalue weighted by Crippen LogP contribution is -2.56. The summed E-state index contributed by atoms with van der Waals surface area (Å²) in [6.07, 6.45) is -3.71. The molecular weight excluding hydrogens is 526 g/mol.